The number of carbonyl (C=O) groups excluding carboxylic acids is 1. The Morgan fingerprint density at radius 3 is 2.00 bits per heavy atom. The number of hydrogen-bond donors (Lipinski definition) is 3. The van der Waals surface area contributed by atoms with Gasteiger partial charge in [0.1, 0.15) is 0 Å². The highest BCUT2D eigenvalue weighted by atomic mass is 19.4. The van der Waals surface area contributed by atoms with Crippen LogP contribution in [0.3, 0.4) is 0 Å². The lowest BCUT2D eigenvalue weighted by atomic mass is 9.58. The fourth-order valence-corrected chi connectivity index (χ4v) is 4.66. The summed E-state index contributed by atoms with van der Waals surface area (Å²) in [4.78, 5) is 13.0. The van der Waals surface area contributed by atoms with Crippen LogP contribution < -0.4 is 16.0 Å². The Bertz CT molecular complexity index is 777. The molecular weight excluding hydrogens is 436 g/mol. The van der Waals surface area contributed by atoms with Gasteiger partial charge in [0.15, 0.2) is 0 Å². The zero-order valence-electron chi connectivity index (χ0n) is 18.1. The number of carbonyl (C=O) groups is 1. The lowest BCUT2D eigenvalue weighted by Gasteiger charge is -2.50. The van der Waals surface area contributed by atoms with Crippen LogP contribution in [0.15, 0.2) is 18.2 Å². The highest BCUT2D eigenvalue weighted by Gasteiger charge is 2.52. The third-order valence-corrected chi connectivity index (χ3v) is 6.69. The maximum absolute atomic E-state index is 13.1. The van der Waals surface area contributed by atoms with Gasteiger partial charge in [-0.15, -0.1) is 0 Å². The van der Waals surface area contributed by atoms with Crippen LogP contribution in [-0.4, -0.2) is 31.1 Å². The van der Waals surface area contributed by atoms with Gasteiger partial charge in [0.05, 0.1) is 16.5 Å². The average molecular weight is 465 g/mol. The van der Waals surface area contributed by atoms with Crippen LogP contribution >= 0.6 is 0 Å². The molecule has 180 valence electrons. The number of alkyl halides is 6. The molecule has 1 aromatic carbocycles. The summed E-state index contributed by atoms with van der Waals surface area (Å²) in [5, 5.41) is 9.46. The summed E-state index contributed by atoms with van der Waals surface area (Å²) in [6, 6.07) is 1.96. The Labute approximate surface area is 183 Å². The van der Waals surface area contributed by atoms with Crippen LogP contribution in [0.4, 0.5) is 26.3 Å². The van der Waals surface area contributed by atoms with Gasteiger partial charge in [-0.2, -0.15) is 26.3 Å². The predicted molar refractivity (Wildman–Crippen MR) is 108 cm³/mol. The minimum atomic E-state index is -4.92. The van der Waals surface area contributed by atoms with Crippen LogP contribution in [0.2, 0.25) is 0 Å². The molecule has 0 atom stereocenters. The highest BCUT2D eigenvalue weighted by molar-refractivity contribution is 5.84. The Hall–Kier alpha value is -1.81. The van der Waals surface area contributed by atoms with Gasteiger partial charge in [0.25, 0.3) is 0 Å². The summed E-state index contributed by atoms with van der Waals surface area (Å²) >= 11 is 0. The number of benzene rings is 1. The molecule has 2 fully saturated rings. The molecule has 1 aliphatic carbocycles. The molecule has 0 unspecified atom stereocenters. The average Bonchev–Trinajstić information content (AvgIpc) is 2.67. The molecule has 3 rings (SSSR count). The van der Waals surface area contributed by atoms with E-state index in [9.17, 15) is 31.1 Å². The van der Waals surface area contributed by atoms with Crippen molar-refractivity contribution in [2.24, 2.45) is 11.3 Å². The Morgan fingerprint density at radius 2 is 1.53 bits per heavy atom. The smallest absolute Gasteiger partial charge is 0.352 e. The molecule has 3 N–H and O–H groups in total. The fourth-order valence-electron chi connectivity index (χ4n) is 4.66. The molecule has 4 nitrogen and oxygen atoms in total. The molecule has 0 bridgehead atoms. The first-order chi connectivity index (χ1) is 14.8. The molecule has 1 saturated heterocycles. The van der Waals surface area contributed by atoms with Crippen molar-refractivity contribution < 1.29 is 31.1 Å². The molecule has 0 aromatic heterocycles. The monoisotopic (exact) mass is 465 g/mol. The van der Waals surface area contributed by atoms with Crippen molar-refractivity contribution >= 4 is 5.91 Å². The first kappa shape index (κ1) is 24.8. The largest absolute Gasteiger partial charge is 0.416 e. The Balaban J connectivity index is 1.67. The van der Waals surface area contributed by atoms with Crippen LogP contribution in [0.25, 0.3) is 0 Å². The molecule has 1 heterocycles. The molecule has 32 heavy (non-hydrogen) atoms. The van der Waals surface area contributed by atoms with Crippen molar-refractivity contribution in [3.63, 3.8) is 0 Å². The zero-order valence-corrected chi connectivity index (χ0v) is 18.1. The molecule has 0 radical (unpaired) electrons. The number of nitrogens with one attached hydrogen (secondary N) is 3. The Morgan fingerprint density at radius 1 is 1.00 bits per heavy atom. The molecule has 1 saturated carbocycles. The minimum Gasteiger partial charge on any atom is -0.352 e. The molecule has 10 heteroatoms. The standard InChI is InChI=1S/C22H29F6N3O/c1-13(2)20(10-18(11-20)31-17-3-5-29-6-4-17)19(32)30-12-14-7-15(21(23,24)25)9-16(8-14)22(26,27)28/h7-9,13,17-18,29,31H,3-6,10-12H2,1-2H3,(H,30,32). The van der Waals surface area contributed by atoms with Crippen molar-refractivity contribution in [2.45, 2.75) is 70.5 Å². The quantitative estimate of drug-likeness (QED) is 0.543. The highest BCUT2D eigenvalue weighted by Crippen LogP contribution is 2.48. The first-order valence-corrected chi connectivity index (χ1v) is 10.8. The van der Waals surface area contributed by atoms with E-state index >= 15 is 0 Å². The second kappa shape index (κ2) is 9.21. The van der Waals surface area contributed by atoms with Gasteiger partial charge in [0, 0.05) is 18.6 Å². The van der Waals surface area contributed by atoms with Crippen molar-refractivity contribution in [1.82, 2.24) is 16.0 Å². The van der Waals surface area contributed by atoms with E-state index in [2.05, 4.69) is 16.0 Å². The first-order valence-electron chi connectivity index (χ1n) is 10.8. The second-order valence-corrected chi connectivity index (χ2v) is 9.20. The van der Waals surface area contributed by atoms with Gasteiger partial charge in [-0.1, -0.05) is 13.8 Å². The fraction of sp³-hybridized carbons (Fsp3) is 0.682. The lowest BCUT2D eigenvalue weighted by Crippen LogP contribution is -2.60. The Kier molecular flexibility index (Phi) is 7.14. The van der Waals surface area contributed by atoms with E-state index in [-0.39, 0.29) is 29.5 Å². The van der Waals surface area contributed by atoms with E-state index in [0.717, 1.165) is 25.9 Å². The summed E-state index contributed by atoms with van der Waals surface area (Å²) in [6.45, 7) is 5.31. The van der Waals surface area contributed by atoms with Crippen molar-refractivity contribution in [1.29, 1.82) is 0 Å². The molecular formula is C22H29F6N3O. The molecule has 1 aromatic rings. The van der Waals surface area contributed by atoms with Crippen molar-refractivity contribution in [3.8, 4) is 0 Å². The van der Waals surface area contributed by atoms with Gasteiger partial charge in [0.2, 0.25) is 5.91 Å². The molecule has 1 aliphatic heterocycles. The third-order valence-electron chi connectivity index (χ3n) is 6.69. The maximum Gasteiger partial charge on any atom is 0.416 e. The molecule has 1 amide bonds. The van der Waals surface area contributed by atoms with Crippen LogP contribution in [0.5, 0.6) is 0 Å². The number of piperidine rings is 1. The number of rotatable bonds is 6. The van der Waals surface area contributed by atoms with Crippen molar-refractivity contribution in [3.05, 3.63) is 34.9 Å². The third kappa shape index (κ3) is 5.57. The van der Waals surface area contributed by atoms with E-state index in [4.69, 9.17) is 0 Å². The van der Waals surface area contributed by atoms with Gasteiger partial charge >= 0.3 is 12.4 Å². The summed E-state index contributed by atoms with van der Waals surface area (Å²) < 4.78 is 78.4. The van der Waals surface area contributed by atoms with Crippen LogP contribution in [0, 0.1) is 11.3 Å². The number of hydrogen-bond acceptors (Lipinski definition) is 3. The zero-order chi connectivity index (χ0) is 23.7. The lowest BCUT2D eigenvalue weighted by molar-refractivity contribution is -0.143. The maximum atomic E-state index is 13.1. The van der Waals surface area contributed by atoms with Crippen LogP contribution in [0.1, 0.15) is 56.2 Å². The van der Waals surface area contributed by atoms with Crippen LogP contribution in [-0.2, 0) is 23.7 Å². The predicted octanol–water partition coefficient (Wildman–Crippen LogP) is 4.49. The molecule has 0 spiro atoms. The van der Waals surface area contributed by atoms with E-state index in [0.29, 0.717) is 31.0 Å². The summed E-state index contributed by atoms with van der Waals surface area (Å²) in [7, 11) is 0. The van der Waals surface area contributed by atoms with E-state index < -0.39 is 35.4 Å². The normalized spacial score (nSPS) is 25.0. The van der Waals surface area contributed by atoms with E-state index in [1.807, 2.05) is 13.8 Å². The summed E-state index contributed by atoms with van der Waals surface area (Å²) in [5.41, 5.74) is -3.68. The van der Waals surface area contributed by atoms with Gasteiger partial charge in [-0.05, 0) is 68.5 Å². The van der Waals surface area contributed by atoms with Crippen molar-refractivity contribution in [2.75, 3.05) is 13.1 Å². The van der Waals surface area contributed by atoms with E-state index in [1.54, 1.807) is 0 Å². The summed E-state index contributed by atoms with van der Waals surface area (Å²) in [6.07, 6.45) is -6.63. The van der Waals surface area contributed by atoms with E-state index in [1.165, 1.54) is 0 Å². The topological polar surface area (TPSA) is 53.2 Å². The minimum absolute atomic E-state index is 0.0131. The number of amides is 1. The second-order valence-electron chi connectivity index (χ2n) is 9.20. The van der Waals surface area contributed by atoms with Gasteiger partial charge in [-0.25, -0.2) is 0 Å². The summed E-state index contributed by atoms with van der Waals surface area (Å²) in [5.74, 6) is -0.345. The van der Waals surface area contributed by atoms with Gasteiger partial charge in [-0.3, -0.25) is 4.79 Å². The SMILES string of the molecule is CC(C)C1(C(=O)NCc2cc(C(F)(F)F)cc(C(F)(F)F)c2)CC(NC2CCNCC2)C1. The number of halogens is 6. The molecule has 2 aliphatic rings. The van der Waals surface area contributed by atoms with Gasteiger partial charge < -0.3 is 16.0 Å².